The van der Waals surface area contributed by atoms with Crippen LogP contribution in [0.1, 0.15) is 6.92 Å². The maximum atomic E-state index is 10.6. The lowest BCUT2D eigenvalue weighted by Crippen LogP contribution is -2.47. The minimum Gasteiger partial charge on any atom is -0.481 e. The summed E-state index contributed by atoms with van der Waals surface area (Å²) in [6.45, 7) is 0.690. The van der Waals surface area contributed by atoms with Crippen molar-refractivity contribution in [1.29, 1.82) is 0 Å². The maximum Gasteiger partial charge on any atom is 0.369 e. The fourth-order valence-corrected chi connectivity index (χ4v) is 1.60. The summed E-state index contributed by atoms with van der Waals surface area (Å²) in [7, 11) is -5.48. The Labute approximate surface area is 78.0 Å². The molecule has 5 N–H and O–H groups in total. The molecule has 0 heterocycles. The molecule has 0 aromatic carbocycles. The van der Waals surface area contributed by atoms with Crippen molar-refractivity contribution >= 4 is 19.5 Å². The molecule has 0 aliphatic heterocycles. The van der Waals surface area contributed by atoms with Gasteiger partial charge in [0.15, 0.2) is 0 Å². The average molecular weight is 228 g/mol. The fourth-order valence-electron chi connectivity index (χ4n) is 0.734. The Hall–Kier alpha value is -0.950. The summed E-state index contributed by atoms with van der Waals surface area (Å²) in [4.78, 5) is 37.8. The SMILES string of the molecule is CC(C(=O)O)C(O)(C(=O)O)P(=O)(O)O. The minimum absolute atomic E-state index is 0.690. The summed E-state index contributed by atoms with van der Waals surface area (Å²) in [5.41, 5.74) is 0. The zero-order valence-electron chi connectivity index (χ0n) is 6.99. The molecule has 9 heteroatoms. The van der Waals surface area contributed by atoms with Crippen LogP contribution in [0.4, 0.5) is 0 Å². The molecule has 8 nitrogen and oxygen atoms in total. The summed E-state index contributed by atoms with van der Waals surface area (Å²) in [6, 6.07) is 0. The van der Waals surface area contributed by atoms with Crippen LogP contribution in [-0.4, -0.2) is 42.4 Å². The topological polar surface area (TPSA) is 152 Å². The first kappa shape index (κ1) is 13.1. The van der Waals surface area contributed by atoms with Gasteiger partial charge in [-0.2, -0.15) is 0 Å². The van der Waals surface area contributed by atoms with Gasteiger partial charge in [-0.05, 0) is 6.92 Å². The quantitative estimate of drug-likeness (QED) is 0.370. The largest absolute Gasteiger partial charge is 0.481 e. The van der Waals surface area contributed by atoms with Gasteiger partial charge in [-0.3, -0.25) is 9.36 Å². The fraction of sp³-hybridized carbons (Fsp3) is 0.600. The highest BCUT2D eigenvalue weighted by atomic mass is 31.2. The average Bonchev–Trinajstić information content (AvgIpc) is 1.98. The van der Waals surface area contributed by atoms with Gasteiger partial charge in [0.25, 0.3) is 5.34 Å². The third-order valence-electron chi connectivity index (χ3n) is 1.73. The summed E-state index contributed by atoms with van der Waals surface area (Å²) < 4.78 is 10.6. The molecule has 0 amide bonds. The van der Waals surface area contributed by atoms with Crippen LogP contribution in [-0.2, 0) is 14.2 Å². The number of hydrogen-bond acceptors (Lipinski definition) is 4. The zero-order chi connectivity index (χ0) is 11.7. The first-order chi connectivity index (χ1) is 6.05. The number of aliphatic carboxylic acids is 2. The van der Waals surface area contributed by atoms with E-state index in [1.54, 1.807) is 0 Å². The number of aliphatic hydroxyl groups is 1. The number of carboxylic acids is 2. The van der Waals surface area contributed by atoms with Crippen LogP contribution in [0.3, 0.4) is 0 Å². The van der Waals surface area contributed by atoms with E-state index >= 15 is 0 Å². The van der Waals surface area contributed by atoms with E-state index in [0.29, 0.717) is 6.92 Å². The van der Waals surface area contributed by atoms with Gasteiger partial charge in [0.2, 0.25) is 0 Å². The van der Waals surface area contributed by atoms with E-state index in [4.69, 9.17) is 25.1 Å². The molecule has 14 heavy (non-hydrogen) atoms. The monoisotopic (exact) mass is 228 g/mol. The maximum absolute atomic E-state index is 10.6. The molecule has 0 spiro atoms. The highest BCUT2D eigenvalue weighted by Crippen LogP contribution is 2.52. The van der Waals surface area contributed by atoms with E-state index in [-0.39, 0.29) is 0 Å². The second kappa shape index (κ2) is 3.66. The molecule has 0 aliphatic carbocycles. The van der Waals surface area contributed by atoms with E-state index in [2.05, 4.69) is 0 Å². The van der Waals surface area contributed by atoms with Gasteiger partial charge >= 0.3 is 19.5 Å². The zero-order valence-corrected chi connectivity index (χ0v) is 7.88. The Morgan fingerprint density at radius 3 is 1.71 bits per heavy atom. The normalized spacial score (nSPS) is 18.3. The Bertz CT molecular complexity index is 305. The number of rotatable bonds is 4. The van der Waals surface area contributed by atoms with Gasteiger partial charge in [0.1, 0.15) is 5.92 Å². The van der Waals surface area contributed by atoms with Gasteiger partial charge in [-0.15, -0.1) is 0 Å². The molecule has 0 aromatic heterocycles. The summed E-state index contributed by atoms with van der Waals surface area (Å²) in [6.07, 6.45) is 0. The standard InChI is InChI=1S/C5H9O8P/c1-2(3(6)7)5(10,4(8)9)14(11,12)13/h2,10H,1H3,(H,6,7)(H,8,9)(H2,11,12,13). The first-order valence-corrected chi connectivity index (χ1v) is 4.90. The van der Waals surface area contributed by atoms with Crippen molar-refractivity contribution in [3.8, 4) is 0 Å². The lowest BCUT2D eigenvalue weighted by atomic mass is 10.1. The van der Waals surface area contributed by atoms with Crippen LogP contribution >= 0.6 is 7.60 Å². The van der Waals surface area contributed by atoms with Crippen LogP contribution in [0, 0.1) is 5.92 Å². The van der Waals surface area contributed by atoms with Crippen LogP contribution < -0.4 is 0 Å². The van der Waals surface area contributed by atoms with Crippen molar-refractivity contribution in [1.82, 2.24) is 0 Å². The molecule has 0 saturated heterocycles. The molecule has 0 radical (unpaired) electrons. The summed E-state index contributed by atoms with van der Waals surface area (Å²) >= 11 is 0. The van der Waals surface area contributed by atoms with Gasteiger partial charge in [-0.25, -0.2) is 4.79 Å². The summed E-state index contributed by atoms with van der Waals surface area (Å²) in [5, 5.41) is 22.3. The molecular weight excluding hydrogens is 219 g/mol. The minimum atomic E-state index is -5.48. The molecule has 2 unspecified atom stereocenters. The van der Waals surface area contributed by atoms with Crippen molar-refractivity contribution in [2.75, 3.05) is 0 Å². The first-order valence-electron chi connectivity index (χ1n) is 3.29. The molecule has 0 aliphatic rings. The Morgan fingerprint density at radius 1 is 1.29 bits per heavy atom. The van der Waals surface area contributed by atoms with Crippen molar-refractivity contribution in [2.24, 2.45) is 5.92 Å². The predicted molar refractivity (Wildman–Crippen MR) is 41.4 cm³/mol. The highest BCUT2D eigenvalue weighted by Gasteiger charge is 2.59. The van der Waals surface area contributed by atoms with Crippen molar-refractivity contribution in [2.45, 2.75) is 12.3 Å². The van der Waals surface area contributed by atoms with E-state index < -0.39 is 30.8 Å². The lowest BCUT2D eigenvalue weighted by molar-refractivity contribution is -0.164. The van der Waals surface area contributed by atoms with E-state index in [1.165, 1.54) is 0 Å². The molecule has 0 saturated carbocycles. The summed E-state index contributed by atoms with van der Waals surface area (Å²) in [5.74, 6) is -6.22. The van der Waals surface area contributed by atoms with Crippen LogP contribution in [0.5, 0.6) is 0 Å². The number of carboxylic acid groups (broad SMARTS) is 2. The molecule has 0 bridgehead atoms. The molecular formula is C5H9O8P. The smallest absolute Gasteiger partial charge is 0.369 e. The van der Waals surface area contributed by atoms with Crippen molar-refractivity contribution in [3.63, 3.8) is 0 Å². The molecule has 2 atom stereocenters. The Kier molecular flexibility index (Phi) is 3.41. The molecule has 0 fully saturated rings. The van der Waals surface area contributed by atoms with Crippen molar-refractivity contribution < 1.29 is 39.3 Å². The van der Waals surface area contributed by atoms with Crippen LogP contribution in [0.2, 0.25) is 0 Å². The third-order valence-corrected chi connectivity index (χ3v) is 3.20. The van der Waals surface area contributed by atoms with Gasteiger partial charge < -0.3 is 25.1 Å². The predicted octanol–water partition coefficient (Wildman–Crippen LogP) is -1.34. The van der Waals surface area contributed by atoms with E-state index in [9.17, 15) is 14.2 Å². The highest BCUT2D eigenvalue weighted by molar-refractivity contribution is 7.54. The van der Waals surface area contributed by atoms with Gasteiger partial charge in [0.05, 0.1) is 0 Å². The van der Waals surface area contributed by atoms with Gasteiger partial charge in [0, 0.05) is 0 Å². The van der Waals surface area contributed by atoms with E-state index in [0.717, 1.165) is 0 Å². The Morgan fingerprint density at radius 2 is 1.64 bits per heavy atom. The molecule has 0 aromatic rings. The van der Waals surface area contributed by atoms with Crippen molar-refractivity contribution in [3.05, 3.63) is 0 Å². The lowest BCUT2D eigenvalue weighted by Gasteiger charge is -2.27. The van der Waals surface area contributed by atoms with Crippen LogP contribution in [0.15, 0.2) is 0 Å². The number of carbonyl (C=O) groups is 2. The number of hydrogen-bond donors (Lipinski definition) is 5. The van der Waals surface area contributed by atoms with Gasteiger partial charge in [-0.1, -0.05) is 0 Å². The molecule has 0 rings (SSSR count). The molecule has 82 valence electrons. The second-order valence-electron chi connectivity index (χ2n) is 2.64. The third kappa shape index (κ3) is 1.93. The van der Waals surface area contributed by atoms with Crippen LogP contribution in [0.25, 0.3) is 0 Å². The Balaban J connectivity index is 5.45. The second-order valence-corrected chi connectivity index (χ2v) is 4.41. The van der Waals surface area contributed by atoms with E-state index in [1.807, 2.05) is 0 Å².